The zero-order valence-corrected chi connectivity index (χ0v) is 21.2. The maximum absolute atomic E-state index is 6.01. The first-order chi connectivity index (χ1) is 12.8. The second-order valence-corrected chi connectivity index (χ2v) is 8.53. The number of thiazole rings is 1. The zero-order chi connectivity index (χ0) is 20.0. The molecule has 1 unspecified atom stereocenters. The first kappa shape index (κ1) is 25.1. The zero-order valence-electron chi connectivity index (χ0n) is 17.3. The first-order valence-corrected chi connectivity index (χ1v) is 10.2. The van der Waals surface area contributed by atoms with Crippen LogP contribution < -0.4 is 5.32 Å². The van der Waals surface area contributed by atoms with Crippen LogP contribution >= 0.6 is 46.9 Å². The van der Waals surface area contributed by atoms with Crippen molar-refractivity contribution in [3.8, 4) is 0 Å². The van der Waals surface area contributed by atoms with Crippen LogP contribution in [-0.2, 0) is 16.7 Å². The number of rotatable bonds is 7. The van der Waals surface area contributed by atoms with Gasteiger partial charge < -0.3 is 15.0 Å². The number of nitrogens with one attached hydrogen (secondary N) is 1. The molecular weight excluding hydrogens is 507 g/mol. The lowest BCUT2D eigenvalue weighted by Crippen LogP contribution is -2.44. The molecule has 0 saturated heterocycles. The number of guanidine groups is 1. The van der Waals surface area contributed by atoms with Gasteiger partial charge in [0.25, 0.3) is 0 Å². The van der Waals surface area contributed by atoms with Gasteiger partial charge >= 0.3 is 0 Å². The van der Waals surface area contributed by atoms with E-state index in [4.69, 9.17) is 16.3 Å². The number of methoxy groups -OCH3 is 1. The summed E-state index contributed by atoms with van der Waals surface area (Å²) >= 11 is 7.63. The molecular formula is C20H30ClIN4OS. The summed E-state index contributed by atoms with van der Waals surface area (Å²) in [6.07, 6.45) is 0.0201. The molecule has 0 spiro atoms. The van der Waals surface area contributed by atoms with Gasteiger partial charge in [0.1, 0.15) is 11.1 Å². The number of aromatic nitrogens is 1. The van der Waals surface area contributed by atoms with E-state index in [-0.39, 0.29) is 35.5 Å². The highest BCUT2D eigenvalue weighted by atomic mass is 127. The predicted octanol–water partition coefficient (Wildman–Crippen LogP) is 5.11. The Morgan fingerprint density at radius 3 is 2.57 bits per heavy atom. The fraction of sp³-hybridized carbons (Fsp3) is 0.500. The van der Waals surface area contributed by atoms with Crippen LogP contribution in [0.15, 0.2) is 34.6 Å². The molecule has 1 aromatic heterocycles. The number of aliphatic imine (C=N–C) groups is 1. The van der Waals surface area contributed by atoms with Crippen molar-refractivity contribution in [3.63, 3.8) is 0 Å². The molecule has 0 aliphatic carbocycles. The van der Waals surface area contributed by atoms with Gasteiger partial charge in [-0.1, -0.05) is 37.6 Å². The Morgan fingerprint density at radius 1 is 1.36 bits per heavy atom. The lowest BCUT2D eigenvalue weighted by atomic mass is 9.85. The second-order valence-electron chi connectivity index (χ2n) is 7.20. The minimum absolute atomic E-state index is 0. The van der Waals surface area contributed by atoms with E-state index in [1.165, 1.54) is 5.56 Å². The highest BCUT2D eigenvalue weighted by Crippen LogP contribution is 2.24. The molecule has 1 aromatic carbocycles. The topological polar surface area (TPSA) is 49.8 Å². The Morgan fingerprint density at radius 2 is 2.00 bits per heavy atom. The highest BCUT2D eigenvalue weighted by Gasteiger charge is 2.22. The minimum Gasteiger partial charge on any atom is -0.375 e. The van der Waals surface area contributed by atoms with E-state index in [0.29, 0.717) is 6.54 Å². The van der Waals surface area contributed by atoms with E-state index in [1.54, 1.807) is 25.5 Å². The number of ether oxygens (including phenoxy) is 1. The summed E-state index contributed by atoms with van der Waals surface area (Å²) in [5.74, 6) is 0.839. The molecule has 1 heterocycles. The normalized spacial score (nSPS) is 13.0. The Labute approximate surface area is 194 Å². The molecule has 156 valence electrons. The number of hydrogen-bond acceptors (Lipinski definition) is 4. The lowest BCUT2D eigenvalue weighted by molar-refractivity contribution is 0.119. The van der Waals surface area contributed by atoms with Crippen LogP contribution in [-0.4, -0.2) is 43.6 Å². The monoisotopic (exact) mass is 536 g/mol. The second kappa shape index (κ2) is 11.3. The fourth-order valence-electron chi connectivity index (χ4n) is 2.69. The van der Waals surface area contributed by atoms with Crippen molar-refractivity contribution < 1.29 is 4.74 Å². The quantitative estimate of drug-likeness (QED) is 0.304. The number of halogens is 2. The van der Waals surface area contributed by atoms with Crippen molar-refractivity contribution in [3.05, 3.63) is 50.9 Å². The van der Waals surface area contributed by atoms with Gasteiger partial charge in [-0.2, -0.15) is 0 Å². The molecule has 8 heteroatoms. The maximum Gasteiger partial charge on any atom is 0.193 e. The Kier molecular flexibility index (Phi) is 10.2. The molecule has 2 rings (SSSR count). The van der Waals surface area contributed by atoms with Crippen molar-refractivity contribution in [2.24, 2.45) is 4.99 Å². The van der Waals surface area contributed by atoms with E-state index < -0.39 is 0 Å². The van der Waals surface area contributed by atoms with Crippen molar-refractivity contribution in [2.75, 3.05) is 27.7 Å². The Hall–Kier alpha value is -0.900. The molecule has 5 nitrogen and oxygen atoms in total. The molecule has 2 aromatic rings. The molecule has 28 heavy (non-hydrogen) atoms. The average Bonchev–Trinajstić information content (AvgIpc) is 3.10. The third-order valence-electron chi connectivity index (χ3n) is 4.56. The van der Waals surface area contributed by atoms with Crippen LogP contribution in [0.5, 0.6) is 0 Å². The summed E-state index contributed by atoms with van der Waals surface area (Å²) in [5.41, 5.74) is 2.19. The maximum atomic E-state index is 6.01. The summed E-state index contributed by atoms with van der Waals surface area (Å²) < 4.78 is 5.34. The highest BCUT2D eigenvalue weighted by molar-refractivity contribution is 14.0. The summed E-state index contributed by atoms with van der Waals surface area (Å²) in [6.45, 7) is 7.86. The average molecular weight is 537 g/mol. The molecule has 0 saturated carbocycles. The largest absolute Gasteiger partial charge is 0.375 e. The van der Waals surface area contributed by atoms with E-state index in [9.17, 15) is 0 Å². The van der Waals surface area contributed by atoms with E-state index >= 15 is 0 Å². The number of hydrogen-bond donors (Lipinski definition) is 1. The smallest absolute Gasteiger partial charge is 0.193 e. The minimum atomic E-state index is -0.0525. The van der Waals surface area contributed by atoms with Crippen LogP contribution in [0.2, 0.25) is 5.02 Å². The van der Waals surface area contributed by atoms with Gasteiger partial charge in [-0.15, -0.1) is 35.3 Å². The van der Waals surface area contributed by atoms with E-state index in [1.807, 2.05) is 26.1 Å². The Balaban J connectivity index is 0.00000392. The molecule has 0 radical (unpaired) electrons. The fourth-order valence-corrected chi connectivity index (χ4v) is 3.66. The van der Waals surface area contributed by atoms with Gasteiger partial charge in [-0.25, -0.2) is 4.98 Å². The van der Waals surface area contributed by atoms with Gasteiger partial charge in [0.05, 0.1) is 12.2 Å². The van der Waals surface area contributed by atoms with Crippen molar-refractivity contribution in [1.29, 1.82) is 0 Å². The van der Waals surface area contributed by atoms with Crippen molar-refractivity contribution >= 4 is 52.9 Å². The van der Waals surface area contributed by atoms with Gasteiger partial charge in [-0.05, 0) is 24.6 Å². The Bertz CT molecular complexity index is 764. The molecule has 0 amide bonds. The van der Waals surface area contributed by atoms with Gasteiger partial charge in [0.2, 0.25) is 0 Å². The summed E-state index contributed by atoms with van der Waals surface area (Å²) in [6, 6.07) is 8.01. The standard InChI is InChI=1S/C20H29ClN4OS.HI/c1-14(26-6)18-24-17(12-27-18)11-25(5)19(22-4)23-13-20(2,3)15-7-9-16(21)10-8-15;/h7-10,12,14H,11,13H2,1-6H3,(H,22,23);1H. The molecule has 0 aliphatic heterocycles. The van der Waals surface area contributed by atoms with E-state index in [0.717, 1.165) is 28.2 Å². The third-order valence-corrected chi connectivity index (χ3v) is 5.86. The summed E-state index contributed by atoms with van der Waals surface area (Å²) in [5, 5.41) is 7.30. The summed E-state index contributed by atoms with van der Waals surface area (Å²) in [7, 11) is 5.52. The molecule has 0 aliphatic rings. The third kappa shape index (κ3) is 6.86. The van der Waals surface area contributed by atoms with Gasteiger partial charge in [0, 0.05) is 43.6 Å². The molecule has 1 N–H and O–H groups in total. The molecule has 1 atom stereocenters. The van der Waals surface area contributed by atoms with Gasteiger partial charge in [-0.3, -0.25) is 4.99 Å². The molecule has 0 fully saturated rings. The SMILES string of the molecule is CN=C(NCC(C)(C)c1ccc(Cl)cc1)N(C)Cc1csc(C(C)OC)n1.I. The number of benzene rings is 1. The van der Waals surface area contributed by atoms with Crippen molar-refractivity contribution in [1.82, 2.24) is 15.2 Å². The number of nitrogens with zero attached hydrogens (tertiary/aromatic N) is 3. The van der Waals surface area contributed by atoms with Crippen LogP contribution in [0.25, 0.3) is 0 Å². The lowest BCUT2D eigenvalue weighted by Gasteiger charge is -2.29. The van der Waals surface area contributed by atoms with Crippen LogP contribution in [0.3, 0.4) is 0 Å². The van der Waals surface area contributed by atoms with Crippen LogP contribution in [0.4, 0.5) is 0 Å². The van der Waals surface area contributed by atoms with Crippen LogP contribution in [0.1, 0.15) is 43.1 Å². The predicted molar refractivity (Wildman–Crippen MR) is 130 cm³/mol. The van der Waals surface area contributed by atoms with Crippen LogP contribution in [0, 0.1) is 0 Å². The molecule has 0 bridgehead atoms. The first-order valence-electron chi connectivity index (χ1n) is 8.91. The summed E-state index contributed by atoms with van der Waals surface area (Å²) in [4.78, 5) is 11.2. The van der Waals surface area contributed by atoms with Gasteiger partial charge in [0.15, 0.2) is 5.96 Å². The van der Waals surface area contributed by atoms with E-state index in [2.05, 4.69) is 51.6 Å². The van der Waals surface area contributed by atoms with Crippen molar-refractivity contribution in [2.45, 2.75) is 38.8 Å².